The first-order chi connectivity index (χ1) is 26.8. The molecule has 4 aromatic rings. The quantitative estimate of drug-likeness (QED) is 0.0365. The van der Waals surface area contributed by atoms with Gasteiger partial charge in [-0.15, -0.1) is 0 Å². The summed E-state index contributed by atoms with van der Waals surface area (Å²) in [4.78, 5) is 14.5. The number of hydrogen-bond donors (Lipinski definition) is 2. The van der Waals surface area contributed by atoms with Gasteiger partial charge in [-0.25, -0.2) is 0 Å². The molecule has 6 rings (SSSR count). The molecule has 0 bridgehead atoms. The molecule has 0 spiro atoms. The standard InChI is InChI=1S/C47H55N3O5S/c1-46(2)41(49(31-17-9-12-26-43(51)48-34-55-5)39-29-27-35-20-13-15-22-37(35)44(39)46)24-10-7-6-8-11-25-42-47(3,4)45-38-23-16-14-21-36(38)28-30-40(45)50(42)32-18-19-33-56(52,53)54/h6-8,10-11,13-16,20-25,27-30H,9,12,17-19,26,31-34H2,1-5H3,(H-,48,51,52,53,54)/p+1. The fourth-order valence-corrected chi connectivity index (χ4v) is 9.13. The van der Waals surface area contributed by atoms with Crippen molar-refractivity contribution in [1.82, 2.24) is 5.32 Å². The van der Waals surface area contributed by atoms with E-state index in [4.69, 9.17) is 4.74 Å². The number of nitrogens with zero attached hydrogens (tertiary/aromatic N) is 2. The number of carbonyl (C=O) groups is 1. The summed E-state index contributed by atoms with van der Waals surface area (Å²) in [6.07, 6.45) is 19.1. The van der Waals surface area contributed by atoms with E-state index in [-0.39, 0.29) is 29.2 Å². The van der Waals surface area contributed by atoms with Gasteiger partial charge in [-0.1, -0.05) is 105 Å². The Bertz CT molecular complexity index is 2350. The van der Waals surface area contributed by atoms with Crippen LogP contribution in [0.25, 0.3) is 21.5 Å². The molecule has 0 saturated heterocycles. The van der Waals surface area contributed by atoms with Gasteiger partial charge in [0.2, 0.25) is 11.6 Å². The predicted molar refractivity (Wildman–Crippen MR) is 231 cm³/mol. The third kappa shape index (κ3) is 8.91. The predicted octanol–water partition coefficient (Wildman–Crippen LogP) is 9.67. The number of nitrogens with one attached hydrogen (secondary N) is 1. The zero-order chi connectivity index (χ0) is 39.9. The van der Waals surface area contributed by atoms with Crippen molar-refractivity contribution in [3.63, 3.8) is 0 Å². The minimum Gasteiger partial charge on any atom is -0.364 e. The molecule has 0 aromatic heterocycles. The Morgan fingerprint density at radius 3 is 2.16 bits per heavy atom. The molecule has 9 heteroatoms. The number of hydrogen-bond acceptors (Lipinski definition) is 5. The molecule has 294 valence electrons. The number of fused-ring (bicyclic) bond motifs is 6. The molecule has 0 unspecified atom stereocenters. The molecule has 2 aliphatic heterocycles. The molecule has 2 aliphatic rings. The monoisotopic (exact) mass is 774 g/mol. The molecule has 8 nitrogen and oxygen atoms in total. The number of methoxy groups -OCH3 is 1. The van der Waals surface area contributed by atoms with Gasteiger partial charge in [-0.05, 0) is 78.4 Å². The van der Waals surface area contributed by atoms with Crippen molar-refractivity contribution in [3.8, 4) is 0 Å². The molecule has 0 aliphatic carbocycles. The molecule has 0 saturated carbocycles. The van der Waals surface area contributed by atoms with E-state index in [1.165, 1.54) is 44.1 Å². The number of rotatable bonds is 17. The Kier molecular flexibility index (Phi) is 12.8. The zero-order valence-corrected chi connectivity index (χ0v) is 34.2. The summed E-state index contributed by atoms with van der Waals surface area (Å²) in [7, 11) is -2.43. The van der Waals surface area contributed by atoms with Crippen LogP contribution >= 0.6 is 0 Å². The first kappa shape index (κ1) is 40.8. The van der Waals surface area contributed by atoms with Crippen LogP contribution in [0.2, 0.25) is 0 Å². The van der Waals surface area contributed by atoms with Crippen LogP contribution in [0.3, 0.4) is 0 Å². The van der Waals surface area contributed by atoms with Gasteiger partial charge in [-0.3, -0.25) is 9.35 Å². The molecule has 2 N–H and O–H groups in total. The van der Waals surface area contributed by atoms with Gasteiger partial charge in [0.1, 0.15) is 13.3 Å². The smallest absolute Gasteiger partial charge is 0.264 e. The molecule has 56 heavy (non-hydrogen) atoms. The number of amides is 1. The second-order valence-electron chi connectivity index (χ2n) is 15.8. The van der Waals surface area contributed by atoms with Crippen molar-refractivity contribution in [2.75, 3.05) is 37.6 Å². The number of carbonyl (C=O) groups excluding carboxylic acids is 1. The van der Waals surface area contributed by atoms with Crippen LogP contribution in [-0.2, 0) is 30.5 Å². The maximum absolute atomic E-state index is 12.1. The highest BCUT2D eigenvalue weighted by Crippen LogP contribution is 2.51. The van der Waals surface area contributed by atoms with Crippen LogP contribution < -0.4 is 10.2 Å². The maximum atomic E-state index is 12.1. The highest BCUT2D eigenvalue weighted by atomic mass is 32.2. The van der Waals surface area contributed by atoms with Gasteiger partial charge >= 0.3 is 0 Å². The van der Waals surface area contributed by atoms with Crippen molar-refractivity contribution in [2.24, 2.45) is 0 Å². The Labute approximate surface area is 332 Å². The van der Waals surface area contributed by atoms with E-state index < -0.39 is 10.1 Å². The average molecular weight is 775 g/mol. The van der Waals surface area contributed by atoms with Crippen molar-refractivity contribution in [1.29, 1.82) is 0 Å². The zero-order valence-electron chi connectivity index (χ0n) is 33.4. The van der Waals surface area contributed by atoms with Gasteiger partial charge in [0.15, 0.2) is 5.71 Å². The van der Waals surface area contributed by atoms with Crippen molar-refractivity contribution in [2.45, 2.75) is 77.0 Å². The van der Waals surface area contributed by atoms with E-state index in [0.717, 1.165) is 37.2 Å². The molecule has 0 radical (unpaired) electrons. The first-order valence-corrected chi connectivity index (χ1v) is 21.4. The highest BCUT2D eigenvalue weighted by molar-refractivity contribution is 7.85. The summed E-state index contributed by atoms with van der Waals surface area (Å²) in [5, 5.41) is 7.70. The minimum absolute atomic E-state index is 0.0231. The van der Waals surface area contributed by atoms with E-state index in [1.807, 2.05) is 0 Å². The van der Waals surface area contributed by atoms with Crippen LogP contribution in [0.15, 0.2) is 121 Å². The molecule has 4 aromatic carbocycles. The minimum atomic E-state index is -4.00. The normalized spacial score (nSPS) is 17.0. The second kappa shape index (κ2) is 17.5. The van der Waals surface area contributed by atoms with E-state index in [2.05, 4.69) is 158 Å². The van der Waals surface area contributed by atoms with E-state index in [0.29, 0.717) is 25.8 Å². The van der Waals surface area contributed by atoms with Gasteiger partial charge in [0, 0.05) is 61.0 Å². The van der Waals surface area contributed by atoms with E-state index >= 15 is 0 Å². The summed E-state index contributed by atoms with van der Waals surface area (Å²) in [5.74, 6) is -0.214. The van der Waals surface area contributed by atoms with Crippen LogP contribution in [0.1, 0.15) is 77.3 Å². The summed E-state index contributed by atoms with van der Waals surface area (Å²) >= 11 is 0. The molecule has 1 amide bonds. The highest BCUT2D eigenvalue weighted by Gasteiger charge is 2.45. The van der Waals surface area contributed by atoms with Gasteiger partial charge in [-0.2, -0.15) is 13.0 Å². The Morgan fingerprint density at radius 2 is 1.45 bits per heavy atom. The lowest BCUT2D eigenvalue weighted by Gasteiger charge is -2.27. The maximum Gasteiger partial charge on any atom is 0.264 e. The van der Waals surface area contributed by atoms with Crippen LogP contribution in [0.4, 0.5) is 11.4 Å². The Morgan fingerprint density at radius 1 is 0.786 bits per heavy atom. The van der Waals surface area contributed by atoms with Gasteiger partial charge in [0.05, 0.1) is 11.2 Å². The summed E-state index contributed by atoms with van der Waals surface area (Å²) in [5.41, 5.74) is 6.91. The lowest BCUT2D eigenvalue weighted by molar-refractivity contribution is -0.438. The lowest BCUT2D eigenvalue weighted by Crippen LogP contribution is -2.28. The SMILES string of the molecule is COCNC(=O)CCCCCN1/C(=C/C=C/C=C/C=C/C2=[N+](CCCCS(=O)(=O)O)c3ccc4ccccc4c3C2(C)C)C(C)(C)c2c1ccc1ccccc21. The average Bonchev–Trinajstić information content (AvgIpc) is 3.52. The molecular weight excluding hydrogens is 719 g/mol. The molecule has 0 fully saturated rings. The number of allylic oxidation sites excluding steroid dienone is 8. The van der Waals surface area contributed by atoms with Gasteiger partial charge < -0.3 is 15.0 Å². The van der Waals surface area contributed by atoms with E-state index in [1.54, 1.807) is 7.11 Å². The topological polar surface area (TPSA) is 99.0 Å². The Hall–Kier alpha value is -4.83. The number of ether oxygens (including phenoxy) is 1. The third-order valence-electron chi connectivity index (χ3n) is 11.2. The van der Waals surface area contributed by atoms with Crippen molar-refractivity contribution >= 4 is 54.7 Å². The van der Waals surface area contributed by atoms with Gasteiger partial charge in [0.25, 0.3) is 10.1 Å². The largest absolute Gasteiger partial charge is 0.364 e. The van der Waals surface area contributed by atoms with Crippen LogP contribution in [0.5, 0.6) is 0 Å². The number of anilines is 1. The van der Waals surface area contributed by atoms with Crippen molar-refractivity contribution < 1.29 is 27.1 Å². The third-order valence-corrected chi connectivity index (χ3v) is 12.0. The first-order valence-electron chi connectivity index (χ1n) is 19.7. The van der Waals surface area contributed by atoms with E-state index in [9.17, 15) is 17.8 Å². The lowest BCUT2D eigenvalue weighted by atomic mass is 9.79. The molecule has 2 heterocycles. The van der Waals surface area contributed by atoms with Crippen LogP contribution in [-0.4, -0.2) is 61.8 Å². The summed E-state index contributed by atoms with van der Waals surface area (Å²) in [6, 6.07) is 25.9. The Balaban J connectivity index is 1.21. The van der Waals surface area contributed by atoms with Crippen LogP contribution in [0, 0.1) is 0 Å². The number of unbranched alkanes of at least 4 members (excludes halogenated alkanes) is 3. The number of benzene rings is 4. The second-order valence-corrected chi connectivity index (χ2v) is 17.4. The summed E-state index contributed by atoms with van der Waals surface area (Å²) in [6.45, 7) is 10.9. The fraction of sp³-hybridized carbons (Fsp3) is 0.362. The molecule has 0 atom stereocenters. The fourth-order valence-electron chi connectivity index (χ4n) is 8.57. The molecular formula is C47H56N3O5S+. The summed E-state index contributed by atoms with van der Waals surface area (Å²) < 4.78 is 39.4. The van der Waals surface area contributed by atoms with Crippen molar-refractivity contribution in [3.05, 3.63) is 132 Å².